The summed E-state index contributed by atoms with van der Waals surface area (Å²) in [5.74, 6) is -0.453. The van der Waals surface area contributed by atoms with Crippen molar-refractivity contribution < 1.29 is 14.5 Å². The number of carbonyl (C=O) groups is 2. The first-order valence-electron chi connectivity index (χ1n) is 9.51. The van der Waals surface area contributed by atoms with Crippen LogP contribution in [0.5, 0.6) is 0 Å². The molecule has 0 aliphatic carbocycles. The Hall–Kier alpha value is -3.68. The largest absolute Gasteiger partial charge is 0.327 e. The standard InChI is InChI=1S/C22H24N4O4/c1-13-18(20(27)24-16-6-5-7-17(12-16)26(29)30)19(25-21(28)23-13)14-8-10-15(11-9-14)22(2,3)4/h5-12,19H,1-4H3,(H,24,27)(H2,23,25,28). The van der Waals surface area contributed by atoms with E-state index in [4.69, 9.17) is 0 Å². The Morgan fingerprint density at radius 3 is 2.40 bits per heavy atom. The minimum atomic E-state index is -0.647. The number of nitro groups is 1. The van der Waals surface area contributed by atoms with Crippen LogP contribution in [-0.4, -0.2) is 16.9 Å². The van der Waals surface area contributed by atoms with Crippen molar-refractivity contribution in [1.29, 1.82) is 0 Å². The number of urea groups is 1. The van der Waals surface area contributed by atoms with Crippen molar-refractivity contribution in [2.75, 3.05) is 5.32 Å². The molecule has 1 atom stereocenters. The molecule has 0 radical (unpaired) electrons. The van der Waals surface area contributed by atoms with Crippen LogP contribution in [0.2, 0.25) is 0 Å². The van der Waals surface area contributed by atoms with E-state index in [1.807, 2.05) is 24.3 Å². The van der Waals surface area contributed by atoms with Crippen molar-refractivity contribution in [3.8, 4) is 0 Å². The number of hydrogen-bond donors (Lipinski definition) is 3. The van der Waals surface area contributed by atoms with Crippen molar-refractivity contribution in [2.24, 2.45) is 0 Å². The highest BCUT2D eigenvalue weighted by Crippen LogP contribution is 2.30. The molecule has 8 nitrogen and oxygen atoms in total. The van der Waals surface area contributed by atoms with Gasteiger partial charge in [-0.3, -0.25) is 14.9 Å². The van der Waals surface area contributed by atoms with Crippen LogP contribution in [0.25, 0.3) is 0 Å². The number of hydrogen-bond acceptors (Lipinski definition) is 4. The molecule has 1 aliphatic rings. The van der Waals surface area contributed by atoms with E-state index in [2.05, 4.69) is 36.7 Å². The van der Waals surface area contributed by atoms with Gasteiger partial charge in [0.05, 0.1) is 16.5 Å². The van der Waals surface area contributed by atoms with E-state index in [-0.39, 0.29) is 11.1 Å². The fraction of sp³-hybridized carbons (Fsp3) is 0.273. The molecule has 0 bridgehead atoms. The zero-order valence-electron chi connectivity index (χ0n) is 17.3. The van der Waals surface area contributed by atoms with E-state index in [1.165, 1.54) is 18.2 Å². The first kappa shape index (κ1) is 21.0. The number of anilines is 1. The molecule has 3 rings (SSSR count). The third-order valence-electron chi connectivity index (χ3n) is 4.94. The molecule has 8 heteroatoms. The Kier molecular flexibility index (Phi) is 5.60. The number of nitro benzene ring substituents is 1. The lowest BCUT2D eigenvalue weighted by Gasteiger charge is -2.29. The maximum atomic E-state index is 13.0. The Morgan fingerprint density at radius 1 is 1.13 bits per heavy atom. The molecule has 1 heterocycles. The van der Waals surface area contributed by atoms with E-state index in [9.17, 15) is 19.7 Å². The summed E-state index contributed by atoms with van der Waals surface area (Å²) in [6.45, 7) is 7.97. The second-order valence-electron chi connectivity index (χ2n) is 8.20. The second-order valence-corrected chi connectivity index (χ2v) is 8.20. The topological polar surface area (TPSA) is 113 Å². The quantitative estimate of drug-likeness (QED) is 0.521. The van der Waals surface area contributed by atoms with Gasteiger partial charge in [-0.1, -0.05) is 51.1 Å². The number of nitrogens with zero attached hydrogens (tertiary/aromatic N) is 1. The first-order chi connectivity index (χ1) is 14.1. The average molecular weight is 408 g/mol. The third-order valence-corrected chi connectivity index (χ3v) is 4.94. The fourth-order valence-electron chi connectivity index (χ4n) is 3.32. The summed E-state index contributed by atoms with van der Waals surface area (Å²) in [4.78, 5) is 35.6. The normalized spacial score (nSPS) is 16.5. The summed E-state index contributed by atoms with van der Waals surface area (Å²) in [5.41, 5.74) is 2.81. The number of non-ortho nitro benzene ring substituents is 1. The maximum Gasteiger partial charge on any atom is 0.319 e. The van der Waals surface area contributed by atoms with Crippen molar-refractivity contribution in [1.82, 2.24) is 10.6 Å². The summed E-state index contributed by atoms with van der Waals surface area (Å²) in [6.07, 6.45) is 0. The minimum Gasteiger partial charge on any atom is -0.327 e. The van der Waals surface area contributed by atoms with Gasteiger partial charge in [0.25, 0.3) is 11.6 Å². The molecule has 0 saturated carbocycles. The second kappa shape index (κ2) is 7.98. The number of carbonyl (C=O) groups excluding carboxylic acids is 2. The van der Waals surface area contributed by atoms with Crippen LogP contribution >= 0.6 is 0 Å². The molecule has 2 aromatic carbocycles. The number of rotatable bonds is 4. The molecular formula is C22H24N4O4. The van der Waals surface area contributed by atoms with Crippen molar-refractivity contribution in [3.63, 3.8) is 0 Å². The highest BCUT2D eigenvalue weighted by molar-refractivity contribution is 6.06. The van der Waals surface area contributed by atoms with Crippen molar-refractivity contribution in [3.05, 3.63) is 81.0 Å². The summed E-state index contributed by atoms with van der Waals surface area (Å²) in [5, 5.41) is 19.1. The van der Waals surface area contributed by atoms with Crippen LogP contribution < -0.4 is 16.0 Å². The smallest absolute Gasteiger partial charge is 0.319 e. The molecule has 0 fully saturated rings. The summed E-state index contributed by atoms with van der Waals surface area (Å²) >= 11 is 0. The fourth-order valence-corrected chi connectivity index (χ4v) is 3.32. The maximum absolute atomic E-state index is 13.0. The first-order valence-corrected chi connectivity index (χ1v) is 9.51. The minimum absolute atomic E-state index is 0.0239. The van der Waals surface area contributed by atoms with Gasteiger partial charge in [-0.25, -0.2) is 4.79 Å². The lowest BCUT2D eigenvalue weighted by atomic mass is 9.85. The summed E-state index contributed by atoms with van der Waals surface area (Å²) < 4.78 is 0. The van der Waals surface area contributed by atoms with Crippen LogP contribution in [0.4, 0.5) is 16.2 Å². The lowest BCUT2D eigenvalue weighted by molar-refractivity contribution is -0.384. The Balaban J connectivity index is 1.93. The van der Waals surface area contributed by atoms with E-state index >= 15 is 0 Å². The average Bonchev–Trinajstić information content (AvgIpc) is 2.66. The van der Waals surface area contributed by atoms with E-state index in [1.54, 1.807) is 13.0 Å². The molecule has 0 saturated heterocycles. The van der Waals surface area contributed by atoms with Gasteiger partial charge in [0.1, 0.15) is 0 Å². The molecule has 3 N–H and O–H groups in total. The molecule has 3 amide bonds. The number of allylic oxidation sites excluding steroid dienone is 1. The lowest BCUT2D eigenvalue weighted by Crippen LogP contribution is -2.46. The van der Waals surface area contributed by atoms with Crippen LogP contribution in [0, 0.1) is 10.1 Å². The van der Waals surface area contributed by atoms with Crippen LogP contribution in [0.1, 0.15) is 44.9 Å². The molecule has 1 unspecified atom stereocenters. The van der Waals surface area contributed by atoms with Crippen LogP contribution in [0.15, 0.2) is 59.8 Å². The Bertz CT molecular complexity index is 1040. The number of amides is 3. The molecule has 30 heavy (non-hydrogen) atoms. The van der Waals surface area contributed by atoms with Gasteiger partial charge in [0.15, 0.2) is 0 Å². The molecule has 2 aromatic rings. The van der Waals surface area contributed by atoms with Gasteiger partial charge >= 0.3 is 6.03 Å². The number of nitrogens with one attached hydrogen (secondary N) is 3. The number of benzene rings is 2. The van der Waals surface area contributed by atoms with Gasteiger partial charge in [-0.05, 0) is 29.5 Å². The zero-order chi connectivity index (χ0) is 22.1. The molecular weight excluding hydrogens is 384 g/mol. The van der Waals surface area contributed by atoms with E-state index in [0.29, 0.717) is 17.0 Å². The zero-order valence-corrected chi connectivity index (χ0v) is 17.3. The summed E-state index contributed by atoms with van der Waals surface area (Å²) in [6, 6.07) is 12.4. The predicted molar refractivity (Wildman–Crippen MR) is 114 cm³/mol. The van der Waals surface area contributed by atoms with E-state index in [0.717, 1.165) is 11.1 Å². The van der Waals surface area contributed by atoms with Gasteiger partial charge in [-0.2, -0.15) is 0 Å². The van der Waals surface area contributed by atoms with E-state index < -0.39 is 22.9 Å². The van der Waals surface area contributed by atoms with Gasteiger partial charge in [0, 0.05) is 23.5 Å². The van der Waals surface area contributed by atoms with Gasteiger partial charge in [0.2, 0.25) is 0 Å². The Morgan fingerprint density at radius 2 is 1.80 bits per heavy atom. The SMILES string of the molecule is CC1=C(C(=O)Nc2cccc([N+](=O)[O-])c2)C(c2ccc(C(C)(C)C)cc2)NC(=O)N1. The highest BCUT2D eigenvalue weighted by atomic mass is 16.6. The van der Waals surface area contributed by atoms with Gasteiger partial charge < -0.3 is 16.0 Å². The third kappa shape index (κ3) is 4.48. The van der Waals surface area contributed by atoms with Crippen molar-refractivity contribution in [2.45, 2.75) is 39.2 Å². The van der Waals surface area contributed by atoms with Crippen molar-refractivity contribution >= 4 is 23.3 Å². The summed E-state index contributed by atoms with van der Waals surface area (Å²) in [7, 11) is 0. The Labute approximate surface area is 174 Å². The molecule has 156 valence electrons. The molecule has 0 aromatic heterocycles. The molecule has 0 spiro atoms. The highest BCUT2D eigenvalue weighted by Gasteiger charge is 2.31. The monoisotopic (exact) mass is 408 g/mol. The van der Waals surface area contributed by atoms with Crippen LogP contribution in [-0.2, 0) is 10.2 Å². The molecule has 1 aliphatic heterocycles. The van der Waals surface area contributed by atoms with Crippen LogP contribution in [0.3, 0.4) is 0 Å². The predicted octanol–water partition coefficient (Wildman–Crippen LogP) is 4.16. The van der Waals surface area contributed by atoms with Gasteiger partial charge in [-0.15, -0.1) is 0 Å².